The van der Waals surface area contributed by atoms with E-state index in [4.69, 9.17) is 0 Å². The van der Waals surface area contributed by atoms with Crippen LogP contribution in [0.15, 0.2) is 54.6 Å². The number of aryl methyl sites for hydroxylation is 1. The van der Waals surface area contributed by atoms with E-state index in [1.54, 1.807) is 12.1 Å². The van der Waals surface area contributed by atoms with Gasteiger partial charge in [-0.1, -0.05) is 62.4 Å². The van der Waals surface area contributed by atoms with Gasteiger partial charge in [-0.15, -0.1) is 0 Å². The normalized spacial score (nSPS) is 12.1. The van der Waals surface area contributed by atoms with Crippen LogP contribution in [0.5, 0.6) is 0 Å². The fraction of sp³-hybridized carbons (Fsp3) is 0.417. The summed E-state index contributed by atoms with van der Waals surface area (Å²) in [6, 6.07) is 16.2. The average Bonchev–Trinajstić information content (AvgIpc) is 2.79. The minimum atomic E-state index is -3.72. The summed E-state index contributed by atoms with van der Waals surface area (Å²) in [4.78, 5) is 27.5. The maximum Gasteiger partial charge on any atom is 0.244 e. The molecule has 0 heterocycles. The number of likely N-dealkylation sites (N-methyl/N-ethyl adjacent to an activating group) is 1. The number of nitrogens with one attached hydrogen (secondary N) is 1. The number of hydrogen-bond acceptors (Lipinski definition) is 4. The molecule has 1 atom stereocenters. The maximum atomic E-state index is 13.5. The third-order valence-electron chi connectivity index (χ3n) is 5.44. The number of carbonyl (C=O) groups excluding carboxylic acids is 2. The molecule has 0 saturated carbocycles. The van der Waals surface area contributed by atoms with Gasteiger partial charge in [-0.2, -0.15) is 0 Å². The van der Waals surface area contributed by atoms with E-state index in [1.807, 2.05) is 56.3 Å². The van der Waals surface area contributed by atoms with Crippen LogP contribution in [-0.4, -0.2) is 57.6 Å². The van der Waals surface area contributed by atoms with Gasteiger partial charge < -0.3 is 10.2 Å². The summed E-state index contributed by atoms with van der Waals surface area (Å²) in [6.07, 6.45) is 2.70. The number of nitrogens with zero attached hydrogens (tertiary/aromatic N) is 2. The molecule has 0 aliphatic heterocycles. The largest absolute Gasteiger partial charge is 0.357 e. The van der Waals surface area contributed by atoms with Gasteiger partial charge in [-0.25, -0.2) is 8.42 Å². The number of benzene rings is 2. The quantitative estimate of drug-likeness (QED) is 0.560. The molecule has 2 aromatic rings. The van der Waals surface area contributed by atoms with Gasteiger partial charge in [-0.3, -0.25) is 13.9 Å². The standard InChI is InChI=1S/C24H33N3O4S/c1-5-20-14-10-11-15-22(20)27(32(4,30)31)18-23(28)26(21(6-2)24(29)25-3)17-16-19-12-8-7-9-13-19/h7-15,21H,5-6,16-18H2,1-4H3,(H,25,29)/t21-/m1/s1. The summed E-state index contributed by atoms with van der Waals surface area (Å²) in [6.45, 7) is 3.72. The van der Waals surface area contributed by atoms with E-state index in [-0.39, 0.29) is 12.5 Å². The Morgan fingerprint density at radius 3 is 2.19 bits per heavy atom. The zero-order valence-electron chi connectivity index (χ0n) is 19.2. The molecule has 2 aromatic carbocycles. The second-order valence-electron chi connectivity index (χ2n) is 7.61. The fourth-order valence-electron chi connectivity index (χ4n) is 3.71. The van der Waals surface area contributed by atoms with E-state index >= 15 is 0 Å². The molecule has 0 radical (unpaired) electrons. The second kappa shape index (κ2) is 11.7. The Labute approximate surface area is 191 Å². The van der Waals surface area contributed by atoms with Crippen LogP contribution in [0.1, 0.15) is 31.4 Å². The number of anilines is 1. The van der Waals surface area contributed by atoms with Crippen molar-refractivity contribution < 1.29 is 18.0 Å². The first-order valence-electron chi connectivity index (χ1n) is 10.8. The number of sulfonamides is 1. The van der Waals surface area contributed by atoms with Crippen molar-refractivity contribution in [1.29, 1.82) is 0 Å². The predicted molar refractivity (Wildman–Crippen MR) is 128 cm³/mol. The first-order chi connectivity index (χ1) is 15.2. The lowest BCUT2D eigenvalue weighted by Crippen LogP contribution is -2.52. The lowest BCUT2D eigenvalue weighted by atomic mass is 10.1. The average molecular weight is 460 g/mol. The molecule has 0 unspecified atom stereocenters. The highest BCUT2D eigenvalue weighted by molar-refractivity contribution is 7.92. The zero-order valence-corrected chi connectivity index (χ0v) is 20.1. The number of carbonyl (C=O) groups is 2. The predicted octanol–water partition coefficient (Wildman–Crippen LogP) is 2.61. The lowest BCUT2D eigenvalue weighted by molar-refractivity contribution is -0.139. The summed E-state index contributed by atoms with van der Waals surface area (Å²) in [5.41, 5.74) is 2.36. The van der Waals surface area contributed by atoms with Crippen LogP contribution in [0.2, 0.25) is 0 Å². The minimum Gasteiger partial charge on any atom is -0.357 e. The Hall–Kier alpha value is -2.87. The molecule has 0 aliphatic carbocycles. The smallest absolute Gasteiger partial charge is 0.244 e. The van der Waals surface area contributed by atoms with E-state index < -0.39 is 22.0 Å². The van der Waals surface area contributed by atoms with Crippen molar-refractivity contribution in [2.75, 3.05) is 30.7 Å². The van der Waals surface area contributed by atoms with Gasteiger partial charge in [0.05, 0.1) is 11.9 Å². The van der Waals surface area contributed by atoms with E-state index in [9.17, 15) is 18.0 Å². The van der Waals surface area contributed by atoms with Crippen LogP contribution >= 0.6 is 0 Å². The van der Waals surface area contributed by atoms with Crippen molar-refractivity contribution in [2.24, 2.45) is 0 Å². The molecule has 8 heteroatoms. The summed E-state index contributed by atoms with van der Waals surface area (Å²) >= 11 is 0. The lowest BCUT2D eigenvalue weighted by Gasteiger charge is -2.33. The molecular weight excluding hydrogens is 426 g/mol. The molecule has 0 aromatic heterocycles. The molecule has 7 nitrogen and oxygen atoms in total. The van der Waals surface area contributed by atoms with Crippen LogP contribution in [0.25, 0.3) is 0 Å². The fourth-order valence-corrected chi connectivity index (χ4v) is 4.59. The zero-order chi connectivity index (χ0) is 23.7. The van der Waals surface area contributed by atoms with Crippen LogP contribution in [-0.2, 0) is 32.5 Å². The van der Waals surface area contributed by atoms with E-state index in [0.29, 0.717) is 31.5 Å². The molecule has 2 rings (SSSR count). The van der Waals surface area contributed by atoms with Gasteiger partial charge >= 0.3 is 0 Å². The Kier molecular flexibility index (Phi) is 9.26. The Morgan fingerprint density at radius 2 is 1.62 bits per heavy atom. The Morgan fingerprint density at radius 1 is 1.00 bits per heavy atom. The molecule has 0 aliphatic rings. The van der Waals surface area contributed by atoms with Crippen molar-refractivity contribution in [1.82, 2.24) is 10.2 Å². The number of rotatable bonds is 11. The molecule has 0 fully saturated rings. The first-order valence-corrected chi connectivity index (χ1v) is 12.7. The molecule has 32 heavy (non-hydrogen) atoms. The molecule has 0 spiro atoms. The second-order valence-corrected chi connectivity index (χ2v) is 9.52. The molecule has 1 N–H and O–H groups in total. The molecule has 2 amide bonds. The highest BCUT2D eigenvalue weighted by atomic mass is 32.2. The van der Waals surface area contributed by atoms with Crippen molar-refractivity contribution in [3.8, 4) is 0 Å². The maximum absolute atomic E-state index is 13.5. The summed E-state index contributed by atoms with van der Waals surface area (Å²) in [5.74, 6) is -0.679. The molecule has 174 valence electrons. The van der Waals surface area contributed by atoms with Crippen molar-refractivity contribution in [2.45, 2.75) is 39.2 Å². The monoisotopic (exact) mass is 459 g/mol. The van der Waals surface area contributed by atoms with Gasteiger partial charge in [-0.05, 0) is 36.5 Å². The highest BCUT2D eigenvalue weighted by Crippen LogP contribution is 2.24. The summed E-state index contributed by atoms with van der Waals surface area (Å²) < 4.78 is 26.4. The third-order valence-corrected chi connectivity index (χ3v) is 6.56. The SMILES string of the molecule is CCc1ccccc1N(CC(=O)N(CCc1ccccc1)[C@H](CC)C(=O)NC)S(C)(=O)=O. The van der Waals surface area contributed by atoms with Gasteiger partial charge in [0.1, 0.15) is 12.6 Å². The number of hydrogen-bond donors (Lipinski definition) is 1. The Balaban J connectivity index is 2.37. The van der Waals surface area contributed by atoms with Crippen LogP contribution in [0, 0.1) is 0 Å². The van der Waals surface area contributed by atoms with E-state index in [2.05, 4.69) is 5.32 Å². The van der Waals surface area contributed by atoms with Gasteiger partial charge in [0.15, 0.2) is 0 Å². The van der Waals surface area contributed by atoms with Crippen molar-refractivity contribution >= 4 is 27.5 Å². The van der Waals surface area contributed by atoms with Crippen molar-refractivity contribution in [3.05, 3.63) is 65.7 Å². The Bertz CT molecular complexity index is 1010. The minimum absolute atomic E-state index is 0.270. The number of para-hydroxylation sites is 1. The van der Waals surface area contributed by atoms with Gasteiger partial charge in [0, 0.05) is 13.6 Å². The van der Waals surface area contributed by atoms with Gasteiger partial charge in [0.25, 0.3) is 0 Å². The molecule has 0 bridgehead atoms. The molecule has 0 saturated heterocycles. The van der Waals surface area contributed by atoms with Crippen molar-refractivity contribution in [3.63, 3.8) is 0 Å². The van der Waals surface area contributed by atoms with E-state index in [0.717, 1.165) is 21.7 Å². The number of amides is 2. The summed E-state index contributed by atoms with van der Waals surface area (Å²) in [5, 5.41) is 2.62. The van der Waals surface area contributed by atoms with E-state index in [1.165, 1.54) is 11.9 Å². The van der Waals surface area contributed by atoms with Crippen LogP contribution < -0.4 is 9.62 Å². The summed E-state index contributed by atoms with van der Waals surface area (Å²) in [7, 11) is -2.19. The van der Waals surface area contributed by atoms with Crippen LogP contribution in [0.4, 0.5) is 5.69 Å². The third kappa shape index (κ3) is 6.56. The topological polar surface area (TPSA) is 86.8 Å². The highest BCUT2D eigenvalue weighted by Gasteiger charge is 2.31. The first kappa shape index (κ1) is 25.4. The van der Waals surface area contributed by atoms with Crippen LogP contribution in [0.3, 0.4) is 0 Å². The van der Waals surface area contributed by atoms with Gasteiger partial charge in [0.2, 0.25) is 21.8 Å². The molecular formula is C24H33N3O4S.